The zero-order chi connectivity index (χ0) is 17.5. The van der Waals surface area contributed by atoms with E-state index in [0.29, 0.717) is 10.9 Å². The Kier molecular flexibility index (Phi) is 6.49. The van der Waals surface area contributed by atoms with Crippen molar-refractivity contribution in [3.63, 3.8) is 0 Å². The van der Waals surface area contributed by atoms with Crippen molar-refractivity contribution in [2.24, 2.45) is 0 Å². The smallest absolute Gasteiger partial charge is 0.258 e. The van der Waals surface area contributed by atoms with Crippen LogP contribution in [0, 0.1) is 5.82 Å². The molecule has 0 aromatic heterocycles. The van der Waals surface area contributed by atoms with Crippen LogP contribution in [0.4, 0.5) is 4.39 Å². The lowest BCUT2D eigenvalue weighted by atomic mass is 10.0. The number of carbonyl (C=O) groups excluding carboxylic acids is 2. The number of hydrogen-bond acceptors (Lipinski definition) is 3. The minimum absolute atomic E-state index is 0.0178. The van der Waals surface area contributed by atoms with E-state index in [2.05, 4.69) is 21.2 Å². The number of ketones is 1. The average molecular weight is 394 g/mol. The molecular weight excluding hydrogens is 377 g/mol. The number of hydrogen-bond donors (Lipinski definition) is 1. The Morgan fingerprint density at radius 2 is 1.92 bits per heavy atom. The summed E-state index contributed by atoms with van der Waals surface area (Å²) >= 11 is 3.14. The van der Waals surface area contributed by atoms with E-state index in [0.717, 1.165) is 5.56 Å². The van der Waals surface area contributed by atoms with E-state index in [1.165, 1.54) is 19.1 Å². The highest BCUT2D eigenvalue weighted by Crippen LogP contribution is 2.21. The SMILES string of the molecule is CC(=O)[C@@H](Cc1ccccc1)NC(=O)COc1ccc(Br)cc1F. The summed E-state index contributed by atoms with van der Waals surface area (Å²) in [6.45, 7) is 1.06. The van der Waals surface area contributed by atoms with E-state index in [1.54, 1.807) is 6.07 Å². The molecule has 4 nitrogen and oxygen atoms in total. The van der Waals surface area contributed by atoms with Gasteiger partial charge in [-0.05, 0) is 37.1 Å². The maximum Gasteiger partial charge on any atom is 0.258 e. The van der Waals surface area contributed by atoms with Crippen molar-refractivity contribution < 1.29 is 18.7 Å². The Bertz CT molecular complexity index is 721. The maximum absolute atomic E-state index is 13.6. The standard InChI is InChI=1S/C18H17BrFNO3/c1-12(22)16(9-13-5-3-2-4-6-13)21-18(23)11-24-17-8-7-14(19)10-15(17)20/h2-8,10,16H,9,11H2,1H3,(H,21,23)/t16-/m1/s1. The molecule has 1 N–H and O–H groups in total. The van der Waals surface area contributed by atoms with Crippen molar-refractivity contribution in [3.8, 4) is 5.75 Å². The Labute approximate surface area is 148 Å². The number of halogens is 2. The van der Waals surface area contributed by atoms with Crippen LogP contribution in [0.2, 0.25) is 0 Å². The molecule has 1 atom stereocenters. The molecule has 0 spiro atoms. The number of amides is 1. The molecule has 0 saturated heterocycles. The van der Waals surface area contributed by atoms with Crippen LogP contribution in [-0.4, -0.2) is 24.3 Å². The predicted octanol–water partition coefficient (Wildman–Crippen LogP) is 3.28. The summed E-state index contributed by atoms with van der Waals surface area (Å²) in [5, 5.41) is 2.62. The Balaban J connectivity index is 1.92. The van der Waals surface area contributed by atoms with E-state index in [-0.39, 0.29) is 18.1 Å². The van der Waals surface area contributed by atoms with Gasteiger partial charge in [0.15, 0.2) is 24.0 Å². The first-order valence-corrected chi connectivity index (χ1v) is 8.16. The third-order valence-electron chi connectivity index (χ3n) is 3.36. The molecule has 0 aliphatic rings. The number of rotatable bonds is 7. The van der Waals surface area contributed by atoms with Crippen molar-refractivity contribution in [1.29, 1.82) is 0 Å². The Morgan fingerprint density at radius 1 is 1.21 bits per heavy atom. The molecule has 2 rings (SSSR count). The summed E-state index contributed by atoms with van der Waals surface area (Å²) in [6, 6.07) is 13.0. The van der Waals surface area contributed by atoms with Crippen LogP contribution in [-0.2, 0) is 16.0 Å². The number of benzene rings is 2. The molecule has 1 amide bonds. The second kappa shape index (κ2) is 8.59. The highest BCUT2D eigenvalue weighted by atomic mass is 79.9. The predicted molar refractivity (Wildman–Crippen MR) is 92.4 cm³/mol. The molecule has 2 aromatic carbocycles. The number of carbonyl (C=O) groups is 2. The molecule has 0 bridgehead atoms. The minimum atomic E-state index is -0.640. The van der Waals surface area contributed by atoms with Crippen LogP contribution in [0.5, 0.6) is 5.75 Å². The van der Waals surface area contributed by atoms with Gasteiger partial charge < -0.3 is 10.1 Å². The van der Waals surface area contributed by atoms with Gasteiger partial charge in [0.05, 0.1) is 6.04 Å². The second-order valence-electron chi connectivity index (χ2n) is 5.28. The summed E-state index contributed by atoms with van der Waals surface area (Å²) < 4.78 is 19.4. The topological polar surface area (TPSA) is 55.4 Å². The molecule has 0 unspecified atom stereocenters. The third kappa shape index (κ3) is 5.45. The van der Waals surface area contributed by atoms with Crippen molar-refractivity contribution in [1.82, 2.24) is 5.32 Å². The molecule has 6 heteroatoms. The van der Waals surface area contributed by atoms with E-state index < -0.39 is 17.8 Å². The monoisotopic (exact) mass is 393 g/mol. The van der Waals surface area contributed by atoms with Crippen LogP contribution < -0.4 is 10.1 Å². The van der Waals surface area contributed by atoms with Crippen molar-refractivity contribution in [3.05, 3.63) is 64.4 Å². The van der Waals surface area contributed by atoms with Crippen LogP contribution >= 0.6 is 15.9 Å². The van der Waals surface area contributed by atoms with Gasteiger partial charge in [0.1, 0.15) is 0 Å². The normalized spacial score (nSPS) is 11.6. The summed E-state index contributed by atoms with van der Waals surface area (Å²) in [5.41, 5.74) is 0.942. The summed E-state index contributed by atoms with van der Waals surface area (Å²) in [6.07, 6.45) is 0.397. The Morgan fingerprint density at radius 3 is 2.54 bits per heavy atom. The molecule has 0 saturated carbocycles. The first kappa shape index (κ1) is 18.1. The lowest BCUT2D eigenvalue weighted by Gasteiger charge is -2.16. The summed E-state index contributed by atoms with van der Waals surface area (Å²) in [4.78, 5) is 23.7. The fourth-order valence-corrected chi connectivity index (χ4v) is 2.45. The quantitative estimate of drug-likeness (QED) is 0.784. The molecule has 126 valence electrons. The molecule has 2 aromatic rings. The highest BCUT2D eigenvalue weighted by molar-refractivity contribution is 9.10. The van der Waals surface area contributed by atoms with Gasteiger partial charge in [0, 0.05) is 4.47 Å². The van der Waals surface area contributed by atoms with Crippen LogP contribution in [0.1, 0.15) is 12.5 Å². The largest absolute Gasteiger partial charge is 0.481 e. The van der Waals surface area contributed by atoms with Crippen LogP contribution in [0.15, 0.2) is 53.0 Å². The van der Waals surface area contributed by atoms with Gasteiger partial charge in [-0.15, -0.1) is 0 Å². The fourth-order valence-electron chi connectivity index (χ4n) is 2.12. The lowest BCUT2D eigenvalue weighted by Crippen LogP contribution is -2.43. The van der Waals surface area contributed by atoms with Crippen LogP contribution in [0.3, 0.4) is 0 Å². The van der Waals surface area contributed by atoms with Gasteiger partial charge in [-0.2, -0.15) is 0 Å². The van der Waals surface area contributed by atoms with E-state index >= 15 is 0 Å². The first-order chi connectivity index (χ1) is 11.5. The summed E-state index contributed by atoms with van der Waals surface area (Å²) in [7, 11) is 0. The number of Topliss-reactive ketones (excluding diaryl/α,β-unsaturated/α-hetero) is 1. The van der Waals surface area contributed by atoms with E-state index in [9.17, 15) is 14.0 Å². The van der Waals surface area contributed by atoms with Crippen molar-refractivity contribution >= 4 is 27.6 Å². The number of ether oxygens (including phenoxy) is 1. The average Bonchev–Trinajstić information content (AvgIpc) is 2.54. The molecule has 0 aliphatic heterocycles. The van der Waals surface area contributed by atoms with Crippen LogP contribution in [0.25, 0.3) is 0 Å². The van der Waals surface area contributed by atoms with E-state index in [4.69, 9.17) is 4.74 Å². The van der Waals surface area contributed by atoms with Gasteiger partial charge in [-0.1, -0.05) is 46.3 Å². The fraction of sp³-hybridized carbons (Fsp3) is 0.222. The van der Waals surface area contributed by atoms with Crippen molar-refractivity contribution in [2.45, 2.75) is 19.4 Å². The zero-order valence-electron chi connectivity index (χ0n) is 13.1. The molecule has 0 radical (unpaired) electrons. The molecule has 24 heavy (non-hydrogen) atoms. The van der Waals surface area contributed by atoms with Gasteiger partial charge in [-0.3, -0.25) is 9.59 Å². The van der Waals surface area contributed by atoms with Crippen molar-refractivity contribution in [2.75, 3.05) is 6.61 Å². The van der Waals surface area contributed by atoms with Gasteiger partial charge in [-0.25, -0.2) is 4.39 Å². The molecular formula is C18H17BrFNO3. The van der Waals surface area contributed by atoms with Gasteiger partial charge in [0.25, 0.3) is 5.91 Å². The zero-order valence-corrected chi connectivity index (χ0v) is 14.7. The molecule has 0 aliphatic carbocycles. The third-order valence-corrected chi connectivity index (χ3v) is 3.85. The first-order valence-electron chi connectivity index (χ1n) is 7.37. The summed E-state index contributed by atoms with van der Waals surface area (Å²) in [5.74, 6) is -1.21. The second-order valence-corrected chi connectivity index (χ2v) is 6.20. The van der Waals surface area contributed by atoms with E-state index in [1.807, 2.05) is 30.3 Å². The molecule has 0 fully saturated rings. The minimum Gasteiger partial charge on any atom is -0.481 e. The van der Waals surface area contributed by atoms with Gasteiger partial charge in [0.2, 0.25) is 0 Å². The van der Waals surface area contributed by atoms with Gasteiger partial charge >= 0.3 is 0 Å². The Hall–Kier alpha value is -2.21. The number of nitrogens with one attached hydrogen (secondary N) is 1. The maximum atomic E-state index is 13.6. The highest BCUT2D eigenvalue weighted by Gasteiger charge is 2.18. The lowest BCUT2D eigenvalue weighted by molar-refractivity contribution is -0.128. The molecule has 0 heterocycles.